The third kappa shape index (κ3) is 4.22. The lowest BCUT2D eigenvalue weighted by Crippen LogP contribution is -2.24. The molecule has 0 saturated heterocycles. The number of hydrogen-bond acceptors (Lipinski definition) is 4. The molecule has 0 aliphatic heterocycles. The molecule has 0 amide bonds. The van der Waals surface area contributed by atoms with Crippen LogP contribution in [0.2, 0.25) is 5.02 Å². The number of halogens is 1. The molecule has 0 spiro atoms. The zero-order chi connectivity index (χ0) is 12.7. The molecule has 0 saturated carbocycles. The number of hydrogen-bond donors (Lipinski definition) is 1. The number of anilines is 1. The molecule has 5 heteroatoms. The molecule has 0 fully saturated rings. The lowest BCUT2D eigenvalue weighted by atomic mass is 10.3. The van der Waals surface area contributed by atoms with Gasteiger partial charge in [-0.2, -0.15) is 5.26 Å². The van der Waals surface area contributed by atoms with Gasteiger partial charge in [-0.15, -0.1) is 0 Å². The van der Waals surface area contributed by atoms with Gasteiger partial charge in [0.2, 0.25) is 0 Å². The summed E-state index contributed by atoms with van der Waals surface area (Å²) in [5, 5.41) is 12.2. The van der Waals surface area contributed by atoms with E-state index in [4.69, 9.17) is 16.9 Å². The van der Waals surface area contributed by atoms with Gasteiger partial charge in [0.1, 0.15) is 5.82 Å². The number of nitrogens with zero attached hydrogens (tertiary/aromatic N) is 3. The van der Waals surface area contributed by atoms with Gasteiger partial charge in [0.25, 0.3) is 0 Å². The van der Waals surface area contributed by atoms with Crippen molar-refractivity contribution in [2.24, 2.45) is 0 Å². The van der Waals surface area contributed by atoms with Crippen LogP contribution >= 0.6 is 11.6 Å². The van der Waals surface area contributed by atoms with Crippen molar-refractivity contribution in [2.45, 2.75) is 19.9 Å². The maximum absolute atomic E-state index is 8.59. The zero-order valence-electron chi connectivity index (χ0n) is 10.2. The van der Waals surface area contributed by atoms with Crippen LogP contribution in [-0.4, -0.2) is 30.0 Å². The van der Waals surface area contributed by atoms with E-state index in [0.29, 0.717) is 18.0 Å². The number of nitrogens with one attached hydrogen (secondary N) is 1. The first-order valence-corrected chi connectivity index (χ1v) is 6.01. The van der Waals surface area contributed by atoms with Gasteiger partial charge in [0, 0.05) is 26.6 Å². The average Bonchev–Trinajstić information content (AvgIpc) is 2.36. The van der Waals surface area contributed by atoms with Crippen LogP contribution in [0, 0.1) is 11.3 Å². The summed E-state index contributed by atoms with van der Waals surface area (Å²) in [6.45, 7) is 4.36. The zero-order valence-corrected chi connectivity index (χ0v) is 11.0. The van der Waals surface area contributed by atoms with Gasteiger partial charge in [0.15, 0.2) is 0 Å². The molecule has 0 aliphatic rings. The second-order valence-electron chi connectivity index (χ2n) is 3.65. The molecule has 92 valence electrons. The summed E-state index contributed by atoms with van der Waals surface area (Å²) >= 11 is 6.11. The summed E-state index contributed by atoms with van der Waals surface area (Å²) in [6, 6.07) is 5.83. The van der Waals surface area contributed by atoms with E-state index in [2.05, 4.69) is 28.2 Å². The molecule has 0 aliphatic carbocycles. The third-order valence-electron chi connectivity index (χ3n) is 2.54. The third-order valence-corrected chi connectivity index (χ3v) is 2.88. The van der Waals surface area contributed by atoms with E-state index < -0.39 is 0 Å². The average molecular weight is 253 g/mol. The molecule has 0 atom stereocenters. The van der Waals surface area contributed by atoms with E-state index >= 15 is 0 Å². The first-order valence-electron chi connectivity index (χ1n) is 5.63. The Kier molecular flexibility index (Phi) is 5.75. The Morgan fingerprint density at radius 2 is 2.29 bits per heavy atom. The van der Waals surface area contributed by atoms with Crippen LogP contribution in [-0.2, 0) is 6.54 Å². The van der Waals surface area contributed by atoms with Gasteiger partial charge in [0.05, 0.1) is 16.8 Å². The standard InChI is InChI=1S/C12H17ClN4/c1-3-17(8-4-7-14)9-11-10(13)5-6-12(15-2)16-11/h5-6H,3-4,8-9H2,1-2H3,(H,15,16). The van der Waals surface area contributed by atoms with E-state index in [9.17, 15) is 0 Å². The molecule has 0 bridgehead atoms. The second-order valence-corrected chi connectivity index (χ2v) is 4.06. The summed E-state index contributed by atoms with van der Waals surface area (Å²) in [7, 11) is 1.83. The van der Waals surface area contributed by atoms with Gasteiger partial charge < -0.3 is 5.32 Å². The van der Waals surface area contributed by atoms with Gasteiger partial charge >= 0.3 is 0 Å². The number of aromatic nitrogens is 1. The van der Waals surface area contributed by atoms with Crippen molar-refractivity contribution >= 4 is 17.4 Å². The quantitative estimate of drug-likeness (QED) is 0.845. The van der Waals surface area contributed by atoms with E-state index in [1.807, 2.05) is 19.2 Å². The highest BCUT2D eigenvalue weighted by Gasteiger charge is 2.08. The highest BCUT2D eigenvalue weighted by molar-refractivity contribution is 6.31. The lowest BCUT2D eigenvalue weighted by Gasteiger charge is -2.19. The minimum Gasteiger partial charge on any atom is -0.373 e. The number of pyridine rings is 1. The van der Waals surface area contributed by atoms with Crippen LogP contribution in [0.1, 0.15) is 19.0 Å². The Balaban J connectivity index is 2.74. The largest absolute Gasteiger partial charge is 0.373 e. The molecular weight excluding hydrogens is 236 g/mol. The normalized spacial score (nSPS) is 10.3. The van der Waals surface area contributed by atoms with E-state index in [-0.39, 0.29) is 0 Å². The maximum Gasteiger partial charge on any atom is 0.126 e. The predicted molar refractivity (Wildman–Crippen MR) is 70.0 cm³/mol. The first-order chi connectivity index (χ1) is 8.21. The first kappa shape index (κ1) is 13.8. The van der Waals surface area contributed by atoms with Crippen LogP contribution in [0.5, 0.6) is 0 Å². The van der Waals surface area contributed by atoms with Crippen molar-refractivity contribution in [2.75, 3.05) is 25.5 Å². The van der Waals surface area contributed by atoms with Crippen molar-refractivity contribution in [3.8, 4) is 6.07 Å². The fraction of sp³-hybridized carbons (Fsp3) is 0.500. The van der Waals surface area contributed by atoms with Crippen molar-refractivity contribution < 1.29 is 0 Å². The Morgan fingerprint density at radius 3 is 2.88 bits per heavy atom. The topological polar surface area (TPSA) is 52.0 Å². The molecule has 1 aromatic rings. The molecule has 0 unspecified atom stereocenters. The maximum atomic E-state index is 8.59. The fourth-order valence-electron chi connectivity index (χ4n) is 1.50. The molecule has 17 heavy (non-hydrogen) atoms. The minimum absolute atomic E-state index is 0.525. The molecule has 4 nitrogen and oxygen atoms in total. The van der Waals surface area contributed by atoms with Gasteiger partial charge in [-0.05, 0) is 18.7 Å². The Morgan fingerprint density at radius 1 is 1.53 bits per heavy atom. The smallest absolute Gasteiger partial charge is 0.126 e. The van der Waals surface area contributed by atoms with Crippen LogP contribution in [0.15, 0.2) is 12.1 Å². The molecule has 1 aromatic heterocycles. The van der Waals surface area contributed by atoms with Crippen molar-refractivity contribution in [3.05, 3.63) is 22.8 Å². The molecule has 0 radical (unpaired) electrons. The van der Waals surface area contributed by atoms with Crippen molar-refractivity contribution in [1.82, 2.24) is 9.88 Å². The molecule has 1 heterocycles. The summed E-state index contributed by atoms with van der Waals surface area (Å²) in [5.74, 6) is 0.806. The fourth-order valence-corrected chi connectivity index (χ4v) is 1.67. The lowest BCUT2D eigenvalue weighted by molar-refractivity contribution is 0.283. The van der Waals surface area contributed by atoms with Crippen molar-refractivity contribution in [3.63, 3.8) is 0 Å². The van der Waals surface area contributed by atoms with Gasteiger partial charge in [-0.3, -0.25) is 4.90 Å². The van der Waals surface area contributed by atoms with Crippen LogP contribution < -0.4 is 5.32 Å². The highest BCUT2D eigenvalue weighted by atomic mass is 35.5. The summed E-state index contributed by atoms with van der Waals surface area (Å²) in [4.78, 5) is 6.57. The van der Waals surface area contributed by atoms with Gasteiger partial charge in [-0.1, -0.05) is 18.5 Å². The monoisotopic (exact) mass is 252 g/mol. The summed E-state index contributed by atoms with van der Waals surface area (Å²) in [5.41, 5.74) is 0.846. The van der Waals surface area contributed by atoms with E-state index in [0.717, 1.165) is 24.6 Å². The summed E-state index contributed by atoms with van der Waals surface area (Å²) in [6.07, 6.45) is 0.525. The molecule has 0 aromatic carbocycles. The molecular formula is C12H17ClN4. The molecule has 1 N–H and O–H groups in total. The number of rotatable bonds is 6. The predicted octanol–water partition coefficient (Wildman–Crippen LogP) is 2.51. The van der Waals surface area contributed by atoms with E-state index in [1.165, 1.54) is 0 Å². The highest BCUT2D eigenvalue weighted by Crippen LogP contribution is 2.18. The van der Waals surface area contributed by atoms with Crippen molar-refractivity contribution in [1.29, 1.82) is 5.26 Å². The minimum atomic E-state index is 0.525. The second kappa shape index (κ2) is 7.10. The number of nitriles is 1. The SMILES string of the molecule is CCN(CCC#N)Cc1nc(NC)ccc1Cl. The van der Waals surface area contributed by atoms with Crippen LogP contribution in [0.3, 0.4) is 0 Å². The van der Waals surface area contributed by atoms with Gasteiger partial charge in [-0.25, -0.2) is 4.98 Å². The summed E-state index contributed by atoms with van der Waals surface area (Å²) < 4.78 is 0. The molecule has 1 rings (SSSR count). The Labute approximate surface area is 107 Å². The van der Waals surface area contributed by atoms with E-state index in [1.54, 1.807) is 0 Å². The Hall–Kier alpha value is -1.31. The van der Waals surface area contributed by atoms with Crippen LogP contribution in [0.4, 0.5) is 5.82 Å². The van der Waals surface area contributed by atoms with Crippen LogP contribution in [0.25, 0.3) is 0 Å². The Bertz CT molecular complexity index is 400.